The second-order valence-corrected chi connectivity index (χ2v) is 7.61. The van der Waals surface area contributed by atoms with E-state index in [4.69, 9.17) is 15.9 Å². The molecule has 20 heavy (non-hydrogen) atoms. The van der Waals surface area contributed by atoms with Gasteiger partial charge in [-0.25, -0.2) is 8.42 Å². The molecule has 7 nitrogen and oxygen atoms in total. The third-order valence-corrected chi connectivity index (χ3v) is 5.79. The van der Waals surface area contributed by atoms with Crippen LogP contribution in [0.1, 0.15) is 20.3 Å². The van der Waals surface area contributed by atoms with Crippen molar-refractivity contribution in [3.05, 3.63) is 0 Å². The van der Waals surface area contributed by atoms with Crippen LogP contribution in [0.2, 0.25) is 0 Å². The van der Waals surface area contributed by atoms with Crippen molar-refractivity contribution in [2.45, 2.75) is 25.8 Å². The van der Waals surface area contributed by atoms with Gasteiger partial charge in [-0.05, 0) is 20.3 Å². The van der Waals surface area contributed by atoms with Gasteiger partial charge in [0.25, 0.3) is 0 Å². The maximum absolute atomic E-state index is 12.1. The number of nitrogens with one attached hydrogen (secondary N) is 1. The van der Waals surface area contributed by atoms with Crippen LogP contribution < -0.4 is 5.73 Å². The Labute approximate surface area is 121 Å². The third-order valence-electron chi connectivity index (χ3n) is 3.83. The molecule has 0 unspecified atom stereocenters. The van der Waals surface area contributed by atoms with Gasteiger partial charge in [0.05, 0.1) is 11.3 Å². The van der Waals surface area contributed by atoms with E-state index in [-0.39, 0.29) is 11.6 Å². The number of amidine groups is 1. The molecule has 0 aliphatic carbocycles. The molecular weight excluding hydrogens is 280 g/mol. The van der Waals surface area contributed by atoms with Crippen LogP contribution in [0.3, 0.4) is 0 Å². The molecule has 0 aromatic heterocycles. The largest absolute Gasteiger partial charge is 0.386 e. The van der Waals surface area contributed by atoms with E-state index in [0.29, 0.717) is 39.2 Å². The molecule has 0 aromatic carbocycles. The van der Waals surface area contributed by atoms with Crippen LogP contribution in [0, 0.1) is 5.41 Å². The average molecular weight is 306 g/mol. The molecule has 3 N–H and O–H groups in total. The predicted molar refractivity (Wildman–Crippen MR) is 79.4 cm³/mol. The zero-order chi connectivity index (χ0) is 15.4. The standard InChI is InChI=1S/C12H26N4O3S/c1-12(2,11(13)14)15-5-7-16(8-6-15)20(17,18)10-4-9-19-3/h4-10H2,1-3H3,(H3,13,14). The van der Waals surface area contributed by atoms with Gasteiger partial charge >= 0.3 is 0 Å². The van der Waals surface area contributed by atoms with E-state index in [2.05, 4.69) is 4.90 Å². The lowest BCUT2D eigenvalue weighted by molar-refractivity contribution is 0.121. The van der Waals surface area contributed by atoms with Gasteiger partial charge in [-0.15, -0.1) is 0 Å². The van der Waals surface area contributed by atoms with E-state index in [1.54, 1.807) is 7.11 Å². The fourth-order valence-corrected chi connectivity index (χ4v) is 3.67. The Morgan fingerprint density at radius 2 is 1.85 bits per heavy atom. The first-order valence-corrected chi connectivity index (χ1v) is 8.39. The maximum atomic E-state index is 12.1. The summed E-state index contributed by atoms with van der Waals surface area (Å²) >= 11 is 0. The minimum atomic E-state index is -3.20. The lowest BCUT2D eigenvalue weighted by atomic mass is 10.0. The molecule has 0 radical (unpaired) electrons. The smallest absolute Gasteiger partial charge is 0.214 e. The highest BCUT2D eigenvalue weighted by Crippen LogP contribution is 2.18. The van der Waals surface area contributed by atoms with Crippen LogP contribution in [0.25, 0.3) is 0 Å². The molecule has 1 aliphatic heterocycles. The van der Waals surface area contributed by atoms with Crippen molar-refractivity contribution in [2.75, 3.05) is 45.6 Å². The Morgan fingerprint density at radius 3 is 2.30 bits per heavy atom. The number of hydrogen-bond donors (Lipinski definition) is 2. The van der Waals surface area contributed by atoms with Crippen molar-refractivity contribution in [3.63, 3.8) is 0 Å². The van der Waals surface area contributed by atoms with E-state index in [1.165, 1.54) is 4.31 Å². The first-order chi connectivity index (χ1) is 9.21. The van der Waals surface area contributed by atoms with E-state index >= 15 is 0 Å². The van der Waals surface area contributed by atoms with E-state index in [9.17, 15) is 8.42 Å². The lowest BCUT2D eigenvalue weighted by Gasteiger charge is -2.42. The summed E-state index contributed by atoms with van der Waals surface area (Å²) in [5.41, 5.74) is 5.08. The Bertz CT molecular complexity index is 428. The third kappa shape index (κ3) is 4.15. The van der Waals surface area contributed by atoms with Crippen LogP contribution in [-0.2, 0) is 14.8 Å². The topological polar surface area (TPSA) is 99.7 Å². The molecular formula is C12H26N4O3S. The second-order valence-electron chi connectivity index (χ2n) is 5.52. The highest BCUT2D eigenvalue weighted by Gasteiger charge is 2.35. The fraction of sp³-hybridized carbons (Fsp3) is 0.917. The molecule has 0 spiro atoms. The van der Waals surface area contributed by atoms with Crippen molar-refractivity contribution >= 4 is 15.9 Å². The van der Waals surface area contributed by atoms with Crippen LogP contribution >= 0.6 is 0 Å². The van der Waals surface area contributed by atoms with Crippen LogP contribution in [0.5, 0.6) is 0 Å². The number of nitrogens with zero attached hydrogens (tertiary/aromatic N) is 2. The van der Waals surface area contributed by atoms with E-state index in [1.807, 2.05) is 13.8 Å². The fourth-order valence-electron chi connectivity index (χ4n) is 2.21. The number of hydrogen-bond acceptors (Lipinski definition) is 5. The number of ether oxygens (including phenoxy) is 1. The summed E-state index contributed by atoms with van der Waals surface area (Å²) in [6.45, 7) is 6.32. The van der Waals surface area contributed by atoms with E-state index < -0.39 is 15.6 Å². The van der Waals surface area contributed by atoms with E-state index in [0.717, 1.165) is 0 Å². The summed E-state index contributed by atoms with van der Waals surface area (Å²) in [6.07, 6.45) is 0.512. The number of sulfonamides is 1. The Morgan fingerprint density at radius 1 is 1.30 bits per heavy atom. The van der Waals surface area contributed by atoms with Gasteiger partial charge in [0, 0.05) is 39.9 Å². The number of nitrogens with two attached hydrogens (primary N) is 1. The molecule has 8 heteroatoms. The molecule has 1 aliphatic rings. The quantitative estimate of drug-likeness (QED) is 0.382. The Hall–Kier alpha value is -0.700. The molecule has 118 valence electrons. The summed E-state index contributed by atoms with van der Waals surface area (Å²) in [5, 5.41) is 7.61. The molecule has 1 saturated heterocycles. The molecule has 0 amide bonds. The first-order valence-electron chi connectivity index (χ1n) is 6.78. The van der Waals surface area contributed by atoms with Crippen LogP contribution in [-0.4, -0.2) is 74.6 Å². The van der Waals surface area contributed by atoms with Gasteiger partial charge in [-0.2, -0.15) is 4.31 Å². The van der Waals surface area contributed by atoms with Crippen molar-refractivity contribution in [2.24, 2.45) is 5.73 Å². The molecule has 1 rings (SSSR count). The molecule has 1 heterocycles. The van der Waals surface area contributed by atoms with Gasteiger partial charge in [0.2, 0.25) is 10.0 Å². The van der Waals surface area contributed by atoms with Crippen LogP contribution in [0.4, 0.5) is 0 Å². The van der Waals surface area contributed by atoms with Crippen molar-refractivity contribution in [1.82, 2.24) is 9.21 Å². The summed E-state index contributed by atoms with van der Waals surface area (Å²) in [4.78, 5) is 2.05. The molecule has 0 bridgehead atoms. The molecule has 1 fully saturated rings. The number of methoxy groups -OCH3 is 1. The SMILES string of the molecule is COCCCS(=O)(=O)N1CCN(C(C)(C)C(=N)N)CC1. The maximum Gasteiger partial charge on any atom is 0.214 e. The van der Waals surface area contributed by atoms with Crippen molar-refractivity contribution in [3.8, 4) is 0 Å². The van der Waals surface area contributed by atoms with Gasteiger partial charge in [0.1, 0.15) is 5.84 Å². The first kappa shape index (κ1) is 17.4. The molecule has 0 saturated carbocycles. The summed E-state index contributed by atoms with van der Waals surface area (Å²) in [5.74, 6) is 0.227. The number of piperazine rings is 1. The Balaban J connectivity index is 2.56. The molecule has 0 aromatic rings. The summed E-state index contributed by atoms with van der Waals surface area (Å²) in [6, 6.07) is 0. The normalized spacial score (nSPS) is 19.1. The lowest BCUT2D eigenvalue weighted by Crippen LogP contribution is -2.60. The van der Waals surface area contributed by atoms with Crippen LogP contribution in [0.15, 0.2) is 0 Å². The monoisotopic (exact) mass is 306 g/mol. The molecule has 0 atom stereocenters. The predicted octanol–water partition coefficient (Wildman–Crippen LogP) is -0.315. The highest BCUT2D eigenvalue weighted by atomic mass is 32.2. The second kappa shape index (κ2) is 6.84. The van der Waals surface area contributed by atoms with Crippen molar-refractivity contribution in [1.29, 1.82) is 5.41 Å². The summed E-state index contributed by atoms with van der Waals surface area (Å²) < 4.78 is 30.7. The van der Waals surface area contributed by atoms with Gasteiger partial charge < -0.3 is 10.5 Å². The minimum Gasteiger partial charge on any atom is -0.386 e. The number of rotatable bonds is 7. The zero-order valence-electron chi connectivity index (χ0n) is 12.6. The van der Waals surface area contributed by atoms with Crippen molar-refractivity contribution < 1.29 is 13.2 Å². The highest BCUT2D eigenvalue weighted by molar-refractivity contribution is 7.89. The minimum absolute atomic E-state index is 0.105. The van der Waals surface area contributed by atoms with Gasteiger partial charge in [-0.1, -0.05) is 0 Å². The zero-order valence-corrected chi connectivity index (χ0v) is 13.4. The van der Waals surface area contributed by atoms with Gasteiger partial charge in [-0.3, -0.25) is 10.3 Å². The summed E-state index contributed by atoms with van der Waals surface area (Å²) in [7, 11) is -1.64. The Kier molecular flexibility index (Phi) is 5.93. The van der Waals surface area contributed by atoms with Gasteiger partial charge in [0.15, 0.2) is 0 Å². The average Bonchev–Trinajstić information content (AvgIpc) is 2.39.